The number of benzene rings is 1. The third kappa shape index (κ3) is 4.26. The van der Waals surface area contributed by atoms with Crippen molar-refractivity contribution in [3.8, 4) is 5.69 Å². The number of hydrogen-bond donors (Lipinski definition) is 1. The van der Waals surface area contributed by atoms with Crippen molar-refractivity contribution in [2.45, 2.75) is 24.2 Å². The van der Waals surface area contributed by atoms with E-state index in [1.165, 1.54) is 10.4 Å². The lowest BCUT2D eigenvalue weighted by Gasteiger charge is -2.15. The van der Waals surface area contributed by atoms with Crippen LogP contribution in [0.3, 0.4) is 0 Å². The van der Waals surface area contributed by atoms with Gasteiger partial charge in [-0.1, -0.05) is 18.2 Å². The highest BCUT2D eigenvalue weighted by Crippen LogP contribution is 2.27. The largest absolute Gasteiger partial charge is 0.351 e. The normalized spacial score (nSPS) is 14.9. The van der Waals surface area contributed by atoms with Crippen LogP contribution in [0.5, 0.6) is 0 Å². The molecule has 0 radical (unpaired) electrons. The molecule has 3 aromatic rings. The lowest BCUT2D eigenvalue weighted by atomic mass is 10.2. The molecule has 2 aromatic heterocycles. The fourth-order valence-corrected chi connectivity index (χ4v) is 6.18. The molecule has 0 spiro atoms. The van der Waals surface area contributed by atoms with Crippen LogP contribution in [0.2, 0.25) is 0 Å². The number of nitrogens with zero attached hydrogens (tertiary/aromatic N) is 3. The van der Waals surface area contributed by atoms with Crippen LogP contribution in [0.25, 0.3) is 5.69 Å². The third-order valence-electron chi connectivity index (χ3n) is 4.87. The minimum absolute atomic E-state index is 0.110. The van der Waals surface area contributed by atoms with Gasteiger partial charge in [0.15, 0.2) is 0 Å². The highest BCUT2D eigenvalue weighted by atomic mass is 32.2. The second-order valence-electron chi connectivity index (χ2n) is 6.86. The summed E-state index contributed by atoms with van der Waals surface area (Å²) in [6.45, 7) is 1.44. The Hall–Kier alpha value is -2.49. The van der Waals surface area contributed by atoms with Crippen LogP contribution in [0.1, 0.15) is 28.1 Å². The fraction of sp³-hybridized carbons (Fsp3) is 0.300. The predicted octanol–water partition coefficient (Wildman–Crippen LogP) is 2.69. The summed E-state index contributed by atoms with van der Waals surface area (Å²) >= 11 is 1.16. The molecule has 3 heterocycles. The Morgan fingerprint density at radius 3 is 2.66 bits per heavy atom. The van der Waals surface area contributed by atoms with E-state index in [-0.39, 0.29) is 15.7 Å². The minimum atomic E-state index is -3.61. The van der Waals surface area contributed by atoms with Gasteiger partial charge in [0.1, 0.15) is 9.77 Å². The molecule has 1 amide bonds. The first-order valence-electron chi connectivity index (χ1n) is 9.50. The van der Waals surface area contributed by atoms with Gasteiger partial charge in [0, 0.05) is 25.8 Å². The molecule has 1 aliphatic heterocycles. The first-order valence-corrected chi connectivity index (χ1v) is 11.8. The fourth-order valence-electron chi connectivity index (χ4n) is 3.35. The molecule has 0 unspecified atom stereocenters. The Bertz CT molecular complexity index is 1080. The molecule has 0 aliphatic carbocycles. The van der Waals surface area contributed by atoms with Gasteiger partial charge in [-0.2, -0.15) is 9.40 Å². The first kappa shape index (κ1) is 19.8. The third-order valence-corrected chi connectivity index (χ3v) is 7.86. The van der Waals surface area contributed by atoms with E-state index in [2.05, 4.69) is 10.4 Å². The smallest absolute Gasteiger partial charge is 0.262 e. The van der Waals surface area contributed by atoms with Crippen molar-refractivity contribution in [1.82, 2.24) is 19.4 Å². The van der Waals surface area contributed by atoms with Gasteiger partial charge < -0.3 is 5.32 Å². The molecule has 1 aromatic carbocycles. The van der Waals surface area contributed by atoms with Crippen molar-refractivity contribution < 1.29 is 13.2 Å². The van der Waals surface area contributed by atoms with E-state index in [1.54, 1.807) is 16.3 Å². The molecule has 4 rings (SSSR count). The molecule has 1 saturated heterocycles. The number of sulfonamides is 1. The number of carbonyl (C=O) groups is 1. The Kier molecular flexibility index (Phi) is 5.79. The lowest BCUT2D eigenvalue weighted by Crippen LogP contribution is -2.31. The number of carbonyl (C=O) groups excluding carboxylic acids is 1. The van der Waals surface area contributed by atoms with E-state index in [1.807, 2.05) is 36.5 Å². The van der Waals surface area contributed by atoms with Crippen molar-refractivity contribution in [1.29, 1.82) is 0 Å². The lowest BCUT2D eigenvalue weighted by molar-refractivity contribution is 0.0955. The molecular weight excluding hydrogens is 408 g/mol. The molecule has 9 heteroatoms. The zero-order valence-electron chi connectivity index (χ0n) is 15.8. The quantitative estimate of drug-likeness (QED) is 0.625. The van der Waals surface area contributed by atoms with Gasteiger partial charge in [-0.25, -0.2) is 13.1 Å². The van der Waals surface area contributed by atoms with Gasteiger partial charge in [0.25, 0.3) is 5.91 Å². The maximum absolute atomic E-state index is 12.8. The monoisotopic (exact) mass is 430 g/mol. The molecule has 152 valence electrons. The molecule has 0 bridgehead atoms. The molecule has 1 aliphatic rings. The van der Waals surface area contributed by atoms with Gasteiger partial charge >= 0.3 is 0 Å². The Morgan fingerprint density at radius 1 is 1.14 bits per heavy atom. The van der Waals surface area contributed by atoms with Crippen LogP contribution in [0.15, 0.2) is 59.1 Å². The summed E-state index contributed by atoms with van der Waals surface area (Å²) in [5.74, 6) is -0.353. The topological polar surface area (TPSA) is 84.3 Å². The number of rotatable bonds is 7. The zero-order chi connectivity index (χ0) is 20.3. The van der Waals surface area contributed by atoms with Gasteiger partial charge in [-0.05, 0) is 48.4 Å². The molecular formula is C20H22N4O3S2. The molecule has 0 saturated carbocycles. The summed E-state index contributed by atoms with van der Waals surface area (Å²) in [7, 11) is -3.61. The van der Waals surface area contributed by atoms with Crippen LogP contribution in [-0.4, -0.2) is 48.0 Å². The van der Waals surface area contributed by atoms with Crippen molar-refractivity contribution in [3.05, 3.63) is 64.6 Å². The Balaban J connectivity index is 1.38. The van der Waals surface area contributed by atoms with E-state index in [4.69, 9.17) is 0 Å². The standard InChI is InChI=1S/C20H22N4O3S2/c25-20(19-18(9-13-28-19)29(26,27)23-11-4-5-12-23)21-10-8-16-14-22-24(15-16)17-6-2-1-3-7-17/h1-3,6-7,9,13-15H,4-5,8,10-12H2,(H,21,25). The van der Waals surface area contributed by atoms with Gasteiger partial charge in [0.2, 0.25) is 10.0 Å². The van der Waals surface area contributed by atoms with Gasteiger partial charge in [-0.15, -0.1) is 11.3 Å². The highest BCUT2D eigenvalue weighted by Gasteiger charge is 2.31. The highest BCUT2D eigenvalue weighted by molar-refractivity contribution is 7.89. The van der Waals surface area contributed by atoms with E-state index < -0.39 is 10.0 Å². The summed E-state index contributed by atoms with van der Waals surface area (Å²) in [4.78, 5) is 13.0. The average molecular weight is 431 g/mol. The summed E-state index contributed by atoms with van der Waals surface area (Å²) in [6.07, 6.45) is 6.03. The Morgan fingerprint density at radius 2 is 1.90 bits per heavy atom. The number of para-hydroxylation sites is 1. The summed E-state index contributed by atoms with van der Waals surface area (Å²) in [5.41, 5.74) is 1.96. The van der Waals surface area contributed by atoms with Gasteiger partial charge in [-0.3, -0.25) is 4.79 Å². The molecule has 29 heavy (non-hydrogen) atoms. The van der Waals surface area contributed by atoms with Crippen molar-refractivity contribution in [2.24, 2.45) is 0 Å². The van der Waals surface area contributed by atoms with Crippen LogP contribution in [0, 0.1) is 0 Å². The Labute approximate surface area is 174 Å². The minimum Gasteiger partial charge on any atom is -0.351 e. The van der Waals surface area contributed by atoms with E-state index in [0.717, 1.165) is 35.4 Å². The van der Waals surface area contributed by atoms with Gasteiger partial charge in [0.05, 0.1) is 11.9 Å². The molecule has 0 atom stereocenters. The van der Waals surface area contributed by atoms with E-state index >= 15 is 0 Å². The molecule has 1 N–H and O–H groups in total. The number of amides is 1. The number of aromatic nitrogens is 2. The average Bonchev–Trinajstić information content (AvgIpc) is 3.50. The second-order valence-corrected chi connectivity index (χ2v) is 9.68. The van der Waals surface area contributed by atoms with Crippen LogP contribution >= 0.6 is 11.3 Å². The van der Waals surface area contributed by atoms with Crippen LogP contribution in [-0.2, 0) is 16.4 Å². The van der Waals surface area contributed by atoms with E-state index in [0.29, 0.717) is 26.1 Å². The van der Waals surface area contributed by atoms with E-state index in [9.17, 15) is 13.2 Å². The predicted molar refractivity (Wildman–Crippen MR) is 112 cm³/mol. The maximum atomic E-state index is 12.8. The zero-order valence-corrected chi connectivity index (χ0v) is 17.5. The molecule has 7 nitrogen and oxygen atoms in total. The number of nitrogens with one attached hydrogen (secondary N) is 1. The van der Waals surface area contributed by atoms with Crippen LogP contribution in [0.4, 0.5) is 0 Å². The first-order chi connectivity index (χ1) is 14.1. The SMILES string of the molecule is O=C(NCCc1cnn(-c2ccccc2)c1)c1sccc1S(=O)(=O)N1CCCC1. The molecule has 1 fully saturated rings. The number of hydrogen-bond acceptors (Lipinski definition) is 5. The van der Waals surface area contributed by atoms with Crippen LogP contribution < -0.4 is 5.32 Å². The van der Waals surface area contributed by atoms with Crippen molar-refractivity contribution >= 4 is 27.3 Å². The maximum Gasteiger partial charge on any atom is 0.262 e. The summed E-state index contributed by atoms with van der Waals surface area (Å²) in [6, 6.07) is 11.3. The summed E-state index contributed by atoms with van der Waals surface area (Å²) < 4.78 is 28.8. The second kappa shape index (κ2) is 8.48. The number of thiophene rings is 1. The van der Waals surface area contributed by atoms with Crippen molar-refractivity contribution in [3.63, 3.8) is 0 Å². The van der Waals surface area contributed by atoms with Crippen molar-refractivity contribution in [2.75, 3.05) is 19.6 Å². The summed E-state index contributed by atoms with van der Waals surface area (Å²) in [5, 5.41) is 8.84.